The van der Waals surface area contributed by atoms with E-state index >= 15 is 0 Å². The minimum atomic E-state index is -5.96. The van der Waals surface area contributed by atoms with Gasteiger partial charge in [0.2, 0.25) is 0 Å². The maximum absolute atomic E-state index is 12.8. The van der Waals surface area contributed by atoms with Crippen LogP contribution in [-0.2, 0) is 10.2 Å². The monoisotopic (exact) mass is 306 g/mol. The number of carbonyl (C=O) groups is 1. The van der Waals surface area contributed by atoms with Gasteiger partial charge in [0, 0.05) is 5.69 Å². The van der Waals surface area contributed by atoms with Crippen molar-refractivity contribution >= 4 is 11.6 Å². The molecule has 8 heteroatoms. The Labute approximate surface area is 117 Å². The Hall–Kier alpha value is -2.17. The van der Waals surface area contributed by atoms with E-state index in [0.29, 0.717) is 5.56 Å². The zero-order valence-corrected chi connectivity index (χ0v) is 11.1. The molecule has 21 heavy (non-hydrogen) atoms. The maximum atomic E-state index is 12.8. The molecule has 1 rings (SSSR count). The zero-order valence-electron chi connectivity index (χ0n) is 11.1. The summed E-state index contributed by atoms with van der Waals surface area (Å²) >= 11 is 0. The molecule has 0 aromatic heterocycles. The Kier molecular flexibility index (Phi) is 4.27. The normalized spacial score (nSPS) is 12.7. The molecule has 1 aromatic rings. The van der Waals surface area contributed by atoms with Gasteiger partial charge in [-0.2, -0.15) is 27.2 Å². The third-order valence-corrected chi connectivity index (χ3v) is 2.79. The fourth-order valence-electron chi connectivity index (χ4n) is 1.37. The molecule has 0 saturated heterocycles. The highest BCUT2D eigenvalue weighted by Crippen LogP contribution is 2.36. The summed E-state index contributed by atoms with van der Waals surface area (Å²) < 4.78 is 61.5. The molecule has 3 nitrogen and oxygen atoms in total. The van der Waals surface area contributed by atoms with Crippen LogP contribution in [0.3, 0.4) is 0 Å². The SMILES string of the molecule is CC(C)(C#N)c1ccc(NC(=O)C(F)(F)C(F)(F)F)cc1. The second-order valence-electron chi connectivity index (χ2n) is 4.84. The lowest BCUT2D eigenvalue weighted by atomic mass is 9.86. The van der Waals surface area contributed by atoms with E-state index in [1.165, 1.54) is 17.4 Å². The summed E-state index contributed by atoms with van der Waals surface area (Å²) in [6.07, 6.45) is -5.96. The Morgan fingerprint density at radius 3 is 1.95 bits per heavy atom. The highest BCUT2D eigenvalue weighted by molar-refractivity contribution is 5.96. The molecule has 0 bridgehead atoms. The second-order valence-corrected chi connectivity index (χ2v) is 4.84. The van der Waals surface area contributed by atoms with Crippen molar-refractivity contribution in [2.75, 3.05) is 5.32 Å². The highest BCUT2D eigenvalue weighted by atomic mass is 19.4. The molecule has 0 heterocycles. The first-order chi connectivity index (χ1) is 9.41. The highest BCUT2D eigenvalue weighted by Gasteiger charge is 2.63. The van der Waals surface area contributed by atoms with Crippen molar-refractivity contribution in [1.29, 1.82) is 5.26 Å². The van der Waals surface area contributed by atoms with E-state index in [9.17, 15) is 26.7 Å². The molecule has 0 spiro atoms. The fourth-order valence-corrected chi connectivity index (χ4v) is 1.37. The van der Waals surface area contributed by atoms with Gasteiger partial charge in [-0.25, -0.2) is 0 Å². The molecule has 1 amide bonds. The lowest BCUT2D eigenvalue weighted by molar-refractivity contribution is -0.267. The number of nitrogens with zero attached hydrogens (tertiary/aromatic N) is 1. The van der Waals surface area contributed by atoms with Gasteiger partial charge in [0.1, 0.15) is 0 Å². The molecular formula is C13H11F5N2O. The number of nitrogens with one attached hydrogen (secondary N) is 1. The number of alkyl halides is 5. The van der Waals surface area contributed by atoms with Crippen molar-refractivity contribution in [2.45, 2.75) is 31.4 Å². The Morgan fingerprint density at radius 2 is 1.57 bits per heavy atom. The molecule has 0 aliphatic carbocycles. The van der Waals surface area contributed by atoms with E-state index in [1.807, 2.05) is 6.07 Å². The lowest BCUT2D eigenvalue weighted by Crippen LogP contribution is -2.47. The second kappa shape index (κ2) is 5.31. The van der Waals surface area contributed by atoms with Crippen LogP contribution in [0.15, 0.2) is 24.3 Å². The van der Waals surface area contributed by atoms with Crippen LogP contribution in [0.1, 0.15) is 19.4 Å². The predicted octanol–water partition coefficient (Wildman–Crippen LogP) is 3.62. The van der Waals surface area contributed by atoms with Crippen molar-refractivity contribution in [3.05, 3.63) is 29.8 Å². The van der Waals surface area contributed by atoms with Gasteiger partial charge in [-0.1, -0.05) is 12.1 Å². The molecule has 0 saturated carbocycles. The quantitative estimate of drug-likeness (QED) is 0.867. The summed E-state index contributed by atoms with van der Waals surface area (Å²) in [5, 5.41) is 10.4. The van der Waals surface area contributed by atoms with Crippen LogP contribution >= 0.6 is 0 Å². The summed E-state index contributed by atoms with van der Waals surface area (Å²) in [5.74, 6) is -7.93. The van der Waals surface area contributed by atoms with E-state index < -0.39 is 23.4 Å². The number of hydrogen-bond acceptors (Lipinski definition) is 2. The predicted molar refractivity (Wildman–Crippen MR) is 64.7 cm³/mol. The minimum absolute atomic E-state index is 0.221. The van der Waals surface area contributed by atoms with Gasteiger partial charge in [0.05, 0.1) is 11.5 Å². The first kappa shape index (κ1) is 16.9. The fraction of sp³-hybridized carbons (Fsp3) is 0.385. The summed E-state index contributed by atoms with van der Waals surface area (Å²) in [6, 6.07) is 7.04. The Balaban J connectivity index is 2.92. The van der Waals surface area contributed by atoms with Crippen LogP contribution in [0.5, 0.6) is 0 Å². The van der Waals surface area contributed by atoms with E-state index in [2.05, 4.69) is 0 Å². The number of anilines is 1. The number of amides is 1. The average Bonchev–Trinajstić information content (AvgIpc) is 2.38. The standard InChI is InChI=1S/C13H11F5N2O/c1-11(2,7-19)8-3-5-9(6-4-8)20-10(21)12(14,15)13(16,17)18/h3-6H,1-2H3,(H,20,21). The van der Waals surface area contributed by atoms with Crippen LogP contribution in [-0.4, -0.2) is 18.0 Å². The van der Waals surface area contributed by atoms with E-state index in [-0.39, 0.29) is 5.69 Å². The van der Waals surface area contributed by atoms with E-state index in [0.717, 1.165) is 12.1 Å². The number of rotatable bonds is 3. The molecular weight excluding hydrogens is 295 g/mol. The molecule has 1 N–H and O–H groups in total. The largest absolute Gasteiger partial charge is 0.463 e. The average molecular weight is 306 g/mol. The van der Waals surface area contributed by atoms with Crippen LogP contribution in [0.2, 0.25) is 0 Å². The van der Waals surface area contributed by atoms with Crippen LogP contribution in [0.25, 0.3) is 0 Å². The summed E-state index contributed by atoms with van der Waals surface area (Å²) in [6.45, 7) is 3.22. The molecule has 0 atom stereocenters. The number of hydrogen-bond donors (Lipinski definition) is 1. The molecule has 1 aromatic carbocycles. The van der Waals surface area contributed by atoms with Crippen molar-refractivity contribution in [2.24, 2.45) is 0 Å². The molecule has 0 radical (unpaired) electrons. The third kappa shape index (κ3) is 3.48. The van der Waals surface area contributed by atoms with Crippen molar-refractivity contribution < 1.29 is 26.7 Å². The third-order valence-electron chi connectivity index (χ3n) is 2.79. The van der Waals surface area contributed by atoms with Crippen molar-refractivity contribution in [3.63, 3.8) is 0 Å². The van der Waals surface area contributed by atoms with Gasteiger partial charge in [-0.3, -0.25) is 4.79 Å². The van der Waals surface area contributed by atoms with E-state index in [1.54, 1.807) is 13.8 Å². The van der Waals surface area contributed by atoms with Crippen molar-refractivity contribution in [3.8, 4) is 6.07 Å². The topological polar surface area (TPSA) is 52.9 Å². The van der Waals surface area contributed by atoms with Gasteiger partial charge in [-0.15, -0.1) is 0 Å². The Morgan fingerprint density at radius 1 is 1.10 bits per heavy atom. The first-order valence-electron chi connectivity index (χ1n) is 5.69. The van der Waals surface area contributed by atoms with E-state index in [4.69, 9.17) is 5.26 Å². The van der Waals surface area contributed by atoms with Gasteiger partial charge < -0.3 is 5.32 Å². The first-order valence-corrected chi connectivity index (χ1v) is 5.69. The molecule has 114 valence electrons. The number of carbonyl (C=O) groups excluding carboxylic acids is 1. The van der Waals surface area contributed by atoms with Crippen molar-refractivity contribution in [1.82, 2.24) is 0 Å². The molecule has 0 fully saturated rings. The maximum Gasteiger partial charge on any atom is 0.463 e. The molecule has 0 unspecified atom stereocenters. The molecule has 0 aliphatic heterocycles. The van der Waals surface area contributed by atoms with Gasteiger partial charge in [0.25, 0.3) is 0 Å². The van der Waals surface area contributed by atoms with Crippen LogP contribution in [0, 0.1) is 11.3 Å². The minimum Gasteiger partial charge on any atom is -0.321 e. The smallest absolute Gasteiger partial charge is 0.321 e. The zero-order chi connectivity index (χ0) is 16.5. The lowest BCUT2D eigenvalue weighted by Gasteiger charge is -2.19. The number of halogens is 5. The Bertz CT molecular complexity index is 570. The van der Waals surface area contributed by atoms with Gasteiger partial charge in [0.15, 0.2) is 0 Å². The van der Waals surface area contributed by atoms with Gasteiger partial charge >= 0.3 is 18.0 Å². The van der Waals surface area contributed by atoms with Crippen LogP contribution < -0.4 is 5.32 Å². The summed E-state index contributed by atoms with van der Waals surface area (Å²) in [7, 11) is 0. The van der Waals surface area contributed by atoms with Gasteiger partial charge in [-0.05, 0) is 31.5 Å². The number of benzene rings is 1. The molecule has 0 aliphatic rings. The summed E-state index contributed by atoms with van der Waals surface area (Å²) in [5.41, 5.74) is -0.537. The van der Waals surface area contributed by atoms with Crippen LogP contribution in [0.4, 0.5) is 27.6 Å². The number of nitriles is 1. The summed E-state index contributed by atoms with van der Waals surface area (Å²) in [4.78, 5) is 11.0.